The normalized spacial score (nSPS) is 17.3. The van der Waals surface area contributed by atoms with Gasteiger partial charge >= 0.3 is 0 Å². The summed E-state index contributed by atoms with van der Waals surface area (Å²) in [6, 6.07) is 19.6. The summed E-state index contributed by atoms with van der Waals surface area (Å²) in [4.78, 5) is 1.24. The van der Waals surface area contributed by atoms with Gasteiger partial charge in [-0.3, -0.25) is 0 Å². The molecule has 2 aromatic rings. The van der Waals surface area contributed by atoms with E-state index in [-0.39, 0.29) is 5.38 Å². The molecule has 1 aliphatic rings. The summed E-state index contributed by atoms with van der Waals surface area (Å²) in [6.07, 6.45) is 6.86. The van der Waals surface area contributed by atoms with Crippen LogP contribution in [0.5, 0.6) is 0 Å². The molecule has 23 heavy (non-hydrogen) atoms. The van der Waals surface area contributed by atoms with E-state index < -0.39 is 0 Å². The fourth-order valence-electron chi connectivity index (χ4n) is 3.34. The topological polar surface area (TPSA) is 0 Å². The molecule has 0 spiro atoms. The van der Waals surface area contributed by atoms with Crippen molar-refractivity contribution >= 4 is 23.4 Å². The lowest BCUT2D eigenvalue weighted by molar-refractivity contribution is 0.443. The fourth-order valence-corrected chi connectivity index (χ4v) is 4.56. The van der Waals surface area contributed by atoms with Crippen LogP contribution in [0.1, 0.15) is 56.1 Å². The zero-order valence-corrected chi connectivity index (χ0v) is 15.2. The molecule has 1 saturated carbocycles. The van der Waals surface area contributed by atoms with Crippen LogP contribution < -0.4 is 0 Å². The van der Waals surface area contributed by atoms with E-state index in [1.807, 2.05) is 6.07 Å². The average molecular weight is 344 g/mol. The maximum absolute atomic E-state index is 6.46. The van der Waals surface area contributed by atoms with E-state index in [0.29, 0.717) is 0 Å². The summed E-state index contributed by atoms with van der Waals surface area (Å²) < 4.78 is 0. The molecule has 0 saturated heterocycles. The number of alkyl halides is 1. The van der Waals surface area contributed by atoms with Gasteiger partial charge in [-0.15, -0.1) is 23.4 Å². The monoisotopic (exact) mass is 343 g/mol. The molecule has 1 unspecified atom stereocenters. The van der Waals surface area contributed by atoms with E-state index in [4.69, 9.17) is 11.6 Å². The Morgan fingerprint density at radius 2 is 1.61 bits per heavy atom. The minimum Gasteiger partial charge on any atom is -0.121 e. The minimum absolute atomic E-state index is 0.0146. The third-order valence-electron chi connectivity index (χ3n) is 4.60. The quantitative estimate of drug-likeness (QED) is 0.414. The van der Waals surface area contributed by atoms with Crippen molar-refractivity contribution in [3.05, 3.63) is 71.0 Å². The summed E-state index contributed by atoms with van der Waals surface area (Å²) in [5, 5.41) is 1.24. The smallest absolute Gasteiger partial charge is 0.0820 e. The summed E-state index contributed by atoms with van der Waals surface area (Å²) in [5.74, 6) is 0.761. The molecule has 0 aromatic heterocycles. The van der Waals surface area contributed by atoms with Crippen molar-refractivity contribution in [3.8, 4) is 0 Å². The SMILES string of the molecule is CC(Cl)[C](Sc1ccccc1)c1ccc(C2CCCCC2)cc1. The Bertz CT molecular complexity index is 585. The predicted molar refractivity (Wildman–Crippen MR) is 102 cm³/mol. The lowest BCUT2D eigenvalue weighted by atomic mass is 9.84. The molecule has 0 N–H and O–H groups in total. The van der Waals surface area contributed by atoms with Gasteiger partial charge in [0, 0.05) is 4.90 Å². The van der Waals surface area contributed by atoms with Crippen molar-refractivity contribution in [1.29, 1.82) is 0 Å². The van der Waals surface area contributed by atoms with E-state index >= 15 is 0 Å². The van der Waals surface area contributed by atoms with Crippen molar-refractivity contribution < 1.29 is 0 Å². The number of hydrogen-bond donors (Lipinski definition) is 0. The van der Waals surface area contributed by atoms with Crippen molar-refractivity contribution in [2.45, 2.75) is 55.2 Å². The van der Waals surface area contributed by atoms with Gasteiger partial charge in [-0.2, -0.15) is 0 Å². The Balaban J connectivity index is 1.74. The molecule has 0 aliphatic heterocycles. The summed E-state index contributed by atoms with van der Waals surface area (Å²) in [6.45, 7) is 2.06. The Labute approximate surface area is 149 Å². The average Bonchev–Trinajstić information content (AvgIpc) is 2.61. The van der Waals surface area contributed by atoms with E-state index in [2.05, 4.69) is 55.5 Å². The highest BCUT2D eigenvalue weighted by Crippen LogP contribution is 2.40. The molecule has 3 rings (SSSR count). The Hall–Kier alpha value is -0.920. The molecule has 1 atom stereocenters. The number of halogens is 1. The van der Waals surface area contributed by atoms with Crippen LogP contribution in [0.15, 0.2) is 59.5 Å². The molecule has 0 bridgehead atoms. The van der Waals surface area contributed by atoms with E-state index in [9.17, 15) is 0 Å². The lowest BCUT2D eigenvalue weighted by Crippen LogP contribution is -2.08. The molecule has 1 fully saturated rings. The standard InChI is InChI=1S/C21H24ClS/c1-16(22)21(23-20-10-6-3-7-11-20)19-14-12-18(13-15-19)17-8-4-2-5-9-17/h3,6-7,10-17H,2,4-5,8-9H2,1H3. The first kappa shape index (κ1) is 16.9. The van der Waals surface area contributed by atoms with Crippen LogP contribution in [0, 0.1) is 5.25 Å². The second-order valence-electron chi connectivity index (χ2n) is 6.35. The summed E-state index contributed by atoms with van der Waals surface area (Å²) >= 11 is 8.23. The lowest BCUT2D eigenvalue weighted by Gasteiger charge is -2.23. The van der Waals surface area contributed by atoms with Gasteiger partial charge in [0.2, 0.25) is 0 Å². The van der Waals surface area contributed by atoms with Gasteiger partial charge in [0.15, 0.2) is 0 Å². The molecule has 0 nitrogen and oxygen atoms in total. The molecule has 1 radical (unpaired) electrons. The molecular weight excluding hydrogens is 320 g/mol. The highest BCUT2D eigenvalue weighted by Gasteiger charge is 2.21. The van der Waals surface area contributed by atoms with E-state index in [0.717, 1.165) is 5.92 Å². The van der Waals surface area contributed by atoms with Crippen molar-refractivity contribution in [1.82, 2.24) is 0 Å². The number of thioether (sulfide) groups is 1. The molecular formula is C21H24ClS. The predicted octanol–water partition coefficient (Wildman–Crippen LogP) is 7.03. The van der Waals surface area contributed by atoms with Crippen LogP contribution in [-0.2, 0) is 0 Å². The summed E-state index contributed by atoms with van der Waals surface area (Å²) in [7, 11) is 0. The zero-order valence-electron chi connectivity index (χ0n) is 13.7. The molecule has 0 heterocycles. The number of hydrogen-bond acceptors (Lipinski definition) is 1. The summed E-state index contributed by atoms with van der Waals surface area (Å²) in [5.41, 5.74) is 2.75. The molecule has 2 aromatic carbocycles. The fraction of sp³-hybridized carbons (Fsp3) is 0.381. The van der Waals surface area contributed by atoms with Gasteiger partial charge in [0.1, 0.15) is 0 Å². The second-order valence-corrected chi connectivity index (χ2v) is 8.12. The minimum atomic E-state index is 0.0146. The second kappa shape index (κ2) is 8.26. The van der Waals surface area contributed by atoms with Crippen molar-refractivity contribution in [3.63, 3.8) is 0 Å². The van der Waals surface area contributed by atoms with Gasteiger partial charge < -0.3 is 0 Å². The molecule has 1 aliphatic carbocycles. The van der Waals surface area contributed by atoms with Crippen molar-refractivity contribution in [2.24, 2.45) is 0 Å². The van der Waals surface area contributed by atoms with Gasteiger partial charge in [-0.25, -0.2) is 0 Å². The van der Waals surface area contributed by atoms with Crippen LogP contribution in [0.25, 0.3) is 0 Å². The van der Waals surface area contributed by atoms with Crippen LogP contribution in [0.3, 0.4) is 0 Å². The highest BCUT2D eigenvalue weighted by atomic mass is 35.5. The zero-order chi connectivity index (χ0) is 16.1. The van der Waals surface area contributed by atoms with Crippen LogP contribution in [0.4, 0.5) is 0 Å². The van der Waals surface area contributed by atoms with Gasteiger partial charge in [-0.1, -0.05) is 61.7 Å². The number of benzene rings is 2. The third-order valence-corrected chi connectivity index (χ3v) is 6.27. The molecule has 121 valence electrons. The Kier molecular flexibility index (Phi) is 6.08. The Morgan fingerprint density at radius 3 is 2.22 bits per heavy atom. The van der Waals surface area contributed by atoms with Crippen molar-refractivity contribution in [2.75, 3.05) is 0 Å². The van der Waals surface area contributed by atoms with Gasteiger partial charge in [0.05, 0.1) is 10.6 Å². The van der Waals surface area contributed by atoms with E-state index in [1.54, 1.807) is 11.8 Å². The van der Waals surface area contributed by atoms with Gasteiger partial charge in [-0.05, 0) is 48.9 Å². The highest BCUT2D eigenvalue weighted by molar-refractivity contribution is 8.02. The first-order valence-corrected chi connectivity index (χ1v) is 9.83. The number of rotatable bonds is 5. The maximum atomic E-state index is 6.46. The largest absolute Gasteiger partial charge is 0.121 e. The maximum Gasteiger partial charge on any atom is 0.0820 e. The van der Waals surface area contributed by atoms with E-state index in [1.165, 1.54) is 53.4 Å². The van der Waals surface area contributed by atoms with Crippen LogP contribution in [-0.4, -0.2) is 5.38 Å². The van der Waals surface area contributed by atoms with Gasteiger partial charge in [0.25, 0.3) is 0 Å². The third kappa shape index (κ3) is 4.55. The molecule has 0 amide bonds. The van der Waals surface area contributed by atoms with Crippen LogP contribution >= 0.6 is 23.4 Å². The van der Waals surface area contributed by atoms with Crippen LogP contribution in [0.2, 0.25) is 0 Å². The Morgan fingerprint density at radius 1 is 0.957 bits per heavy atom. The first-order valence-electron chi connectivity index (χ1n) is 8.58. The molecule has 2 heteroatoms. The first-order chi connectivity index (χ1) is 11.2.